The van der Waals surface area contributed by atoms with Gasteiger partial charge < -0.3 is 10.4 Å². The Kier molecular flexibility index (Phi) is 6.74. The van der Waals surface area contributed by atoms with Crippen molar-refractivity contribution in [1.82, 2.24) is 10.2 Å². The zero-order chi connectivity index (χ0) is 20.0. The highest BCUT2D eigenvalue weighted by Crippen LogP contribution is 2.41. The van der Waals surface area contributed by atoms with Crippen molar-refractivity contribution in [2.24, 2.45) is 5.92 Å². The summed E-state index contributed by atoms with van der Waals surface area (Å²) in [7, 11) is 0. The van der Waals surface area contributed by atoms with Crippen LogP contribution >= 0.6 is 0 Å². The minimum atomic E-state index is -0.182. The van der Waals surface area contributed by atoms with E-state index in [4.69, 9.17) is 0 Å². The average Bonchev–Trinajstić information content (AvgIpc) is 2.64. The maximum absolute atomic E-state index is 12.9. The number of hydrogen-bond donors (Lipinski definition) is 2. The van der Waals surface area contributed by atoms with Crippen LogP contribution in [0.2, 0.25) is 0 Å². The number of nitrogens with zero attached hydrogens (tertiary/aromatic N) is 1. The van der Waals surface area contributed by atoms with Gasteiger partial charge in [-0.25, -0.2) is 0 Å². The molecule has 0 atom stereocenters. The molecule has 0 aliphatic heterocycles. The van der Waals surface area contributed by atoms with Crippen molar-refractivity contribution in [3.05, 3.63) is 65.7 Å². The van der Waals surface area contributed by atoms with Crippen LogP contribution in [0.25, 0.3) is 0 Å². The van der Waals surface area contributed by atoms with E-state index in [9.17, 15) is 9.90 Å². The molecule has 0 bridgehead atoms. The lowest BCUT2D eigenvalue weighted by atomic mass is 9.72. The van der Waals surface area contributed by atoms with Crippen LogP contribution in [0.3, 0.4) is 0 Å². The molecule has 0 spiro atoms. The van der Waals surface area contributed by atoms with Crippen LogP contribution < -0.4 is 5.32 Å². The van der Waals surface area contributed by atoms with Gasteiger partial charge in [0.1, 0.15) is 5.75 Å². The first-order valence-electron chi connectivity index (χ1n) is 10.3. The van der Waals surface area contributed by atoms with Crippen LogP contribution in [0.15, 0.2) is 54.6 Å². The Balaban J connectivity index is 1.60. The van der Waals surface area contributed by atoms with Crippen LogP contribution in [-0.4, -0.2) is 35.5 Å². The number of amides is 1. The van der Waals surface area contributed by atoms with Crippen LogP contribution in [0, 0.1) is 5.92 Å². The molecule has 150 valence electrons. The van der Waals surface area contributed by atoms with Crippen molar-refractivity contribution in [3.63, 3.8) is 0 Å². The van der Waals surface area contributed by atoms with Crippen molar-refractivity contribution < 1.29 is 9.90 Å². The first-order chi connectivity index (χ1) is 13.5. The summed E-state index contributed by atoms with van der Waals surface area (Å²) in [4.78, 5) is 15.1. The fourth-order valence-electron chi connectivity index (χ4n) is 3.98. The van der Waals surface area contributed by atoms with E-state index in [1.807, 2.05) is 30.3 Å². The van der Waals surface area contributed by atoms with Crippen molar-refractivity contribution >= 4 is 5.91 Å². The Labute approximate surface area is 168 Å². The number of carbonyl (C=O) groups excluding carboxylic acids is 1. The number of phenolic OH excluding ortho intramolecular Hbond substituents is 1. The molecule has 4 heteroatoms. The number of aromatic hydroxyl groups is 1. The standard InChI is InChI=1S/C24H32N2O2/c1-19(2)17-26(16-13-20-9-11-22(27)12-10-20)18-23(28)25-24(14-6-15-24)21-7-4-3-5-8-21/h3-5,7-12,19,27H,6,13-18H2,1-2H3,(H,25,28). The van der Waals surface area contributed by atoms with Gasteiger partial charge in [-0.1, -0.05) is 56.3 Å². The monoisotopic (exact) mass is 380 g/mol. The van der Waals surface area contributed by atoms with Crippen molar-refractivity contribution in [2.45, 2.75) is 45.1 Å². The second-order valence-corrected chi connectivity index (χ2v) is 8.40. The van der Waals surface area contributed by atoms with Gasteiger partial charge in [-0.15, -0.1) is 0 Å². The highest BCUT2D eigenvalue weighted by atomic mass is 16.3. The molecular formula is C24H32N2O2. The number of carbonyl (C=O) groups is 1. The van der Waals surface area contributed by atoms with E-state index in [0.717, 1.165) is 38.8 Å². The molecular weight excluding hydrogens is 348 g/mol. The zero-order valence-electron chi connectivity index (χ0n) is 17.0. The second kappa shape index (κ2) is 9.24. The van der Waals surface area contributed by atoms with Crippen molar-refractivity contribution in [2.75, 3.05) is 19.6 Å². The molecule has 0 aromatic heterocycles. The average molecular weight is 381 g/mol. The topological polar surface area (TPSA) is 52.6 Å². The highest BCUT2D eigenvalue weighted by Gasteiger charge is 2.39. The predicted molar refractivity (Wildman–Crippen MR) is 113 cm³/mol. The fraction of sp³-hybridized carbons (Fsp3) is 0.458. The highest BCUT2D eigenvalue weighted by molar-refractivity contribution is 5.79. The summed E-state index contributed by atoms with van der Waals surface area (Å²) in [5, 5.41) is 12.8. The van der Waals surface area contributed by atoms with Crippen molar-refractivity contribution in [3.8, 4) is 5.75 Å². The molecule has 4 nitrogen and oxygen atoms in total. The van der Waals surface area contributed by atoms with Gasteiger partial charge in [0.05, 0.1) is 12.1 Å². The molecule has 2 N–H and O–H groups in total. The third kappa shape index (κ3) is 5.35. The second-order valence-electron chi connectivity index (χ2n) is 8.40. The molecule has 1 saturated carbocycles. The molecule has 1 aliphatic carbocycles. The molecule has 1 aliphatic rings. The quantitative estimate of drug-likeness (QED) is 0.689. The Morgan fingerprint density at radius 1 is 1.11 bits per heavy atom. The Hall–Kier alpha value is -2.33. The summed E-state index contributed by atoms with van der Waals surface area (Å²) in [6, 6.07) is 17.7. The molecule has 0 radical (unpaired) electrons. The van der Waals surface area contributed by atoms with E-state index in [-0.39, 0.29) is 17.2 Å². The van der Waals surface area contributed by atoms with E-state index in [2.05, 4.69) is 36.2 Å². The summed E-state index contributed by atoms with van der Waals surface area (Å²) >= 11 is 0. The smallest absolute Gasteiger partial charge is 0.234 e. The summed E-state index contributed by atoms with van der Waals surface area (Å²) < 4.78 is 0. The molecule has 0 saturated heterocycles. The molecule has 1 amide bonds. The third-order valence-corrected chi connectivity index (χ3v) is 5.56. The van der Waals surface area contributed by atoms with Crippen LogP contribution in [0.4, 0.5) is 0 Å². The maximum atomic E-state index is 12.9. The zero-order valence-corrected chi connectivity index (χ0v) is 17.0. The first-order valence-corrected chi connectivity index (χ1v) is 10.3. The van der Waals surface area contributed by atoms with E-state index in [1.54, 1.807) is 12.1 Å². The first kappa shape index (κ1) is 20.4. The van der Waals surface area contributed by atoms with Gasteiger partial charge in [-0.2, -0.15) is 0 Å². The van der Waals surface area contributed by atoms with E-state index in [0.29, 0.717) is 12.5 Å². The lowest BCUT2D eigenvalue weighted by Crippen LogP contribution is -2.53. The molecule has 28 heavy (non-hydrogen) atoms. The normalized spacial score (nSPS) is 15.4. The van der Waals surface area contributed by atoms with Gasteiger partial charge in [0, 0.05) is 13.1 Å². The predicted octanol–water partition coefficient (Wildman–Crippen LogP) is 4.09. The van der Waals surface area contributed by atoms with E-state index >= 15 is 0 Å². The number of hydrogen-bond acceptors (Lipinski definition) is 3. The molecule has 0 heterocycles. The molecule has 2 aromatic rings. The molecule has 0 unspecified atom stereocenters. The lowest BCUT2D eigenvalue weighted by Gasteiger charge is -2.43. The minimum Gasteiger partial charge on any atom is -0.508 e. The summed E-state index contributed by atoms with van der Waals surface area (Å²) in [5.41, 5.74) is 2.21. The van der Waals surface area contributed by atoms with Gasteiger partial charge in [0.2, 0.25) is 5.91 Å². The van der Waals surface area contributed by atoms with Gasteiger partial charge in [0.25, 0.3) is 0 Å². The van der Waals surface area contributed by atoms with Crippen LogP contribution in [0.1, 0.15) is 44.2 Å². The number of nitrogens with one attached hydrogen (secondary N) is 1. The maximum Gasteiger partial charge on any atom is 0.234 e. The van der Waals surface area contributed by atoms with Gasteiger partial charge in [-0.3, -0.25) is 9.69 Å². The number of rotatable bonds is 9. The number of phenols is 1. The molecule has 1 fully saturated rings. The molecule has 2 aromatic carbocycles. The fourth-order valence-corrected chi connectivity index (χ4v) is 3.98. The molecule has 3 rings (SSSR count). The lowest BCUT2D eigenvalue weighted by molar-refractivity contribution is -0.125. The largest absolute Gasteiger partial charge is 0.508 e. The Morgan fingerprint density at radius 3 is 2.36 bits per heavy atom. The Morgan fingerprint density at radius 2 is 1.79 bits per heavy atom. The summed E-state index contributed by atoms with van der Waals surface area (Å²) in [5.74, 6) is 0.892. The van der Waals surface area contributed by atoms with Crippen LogP contribution in [0.5, 0.6) is 5.75 Å². The van der Waals surface area contributed by atoms with Crippen molar-refractivity contribution in [1.29, 1.82) is 0 Å². The van der Waals surface area contributed by atoms with E-state index in [1.165, 1.54) is 11.1 Å². The van der Waals surface area contributed by atoms with Gasteiger partial charge in [0.15, 0.2) is 0 Å². The SMILES string of the molecule is CC(C)CN(CCc1ccc(O)cc1)CC(=O)NC1(c2ccccc2)CCC1. The minimum absolute atomic E-state index is 0.106. The third-order valence-electron chi connectivity index (χ3n) is 5.56. The number of benzene rings is 2. The van der Waals surface area contributed by atoms with E-state index < -0.39 is 0 Å². The van der Waals surface area contributed by atoms with Gasteiger partial charge >= 0.3 is 0 Å². The van der Waals surface area contributed by atoms with Gasteiger partial charge in [-0.05, 0) is 54.9 Å². The Bertz CT molecular complexity index is 752. The summed E-state index contributed by atoms with van der Waals surface area (Å²) in [6.07, 6.45) is 4.05. The summed E-state index contributed by atoms with van der Waals surface area (Å²) in [6.45, 7) is 6.51. The van der Waals surface area contributed by atoms with Crippen LogP contribution in [-0.2, 0) is 16.8 Å².